The van der Waals surface area contributed by atoms with E-state index in [-0.39, 0.29) is 0 Å². The van der Waals surface area contributed by atoms with Gasteiger partial charge in [0.1, 0.15) is 0 Å². The van der Waals surface area contributed by atoms with Gasteiger partial charge in [-0.15, -0.1) is 0 Å². The summed E-state index contributed by atoms with van der Waals surface area (Å²) in [5.41, 5.74) is 1.15. The molecule has 1 N–H and O–H groups in total. The van der Waals surface area contributed by atoms with Crippen molar-refractivity contribution in [2.75, 3.05) is 20.3 Å². The van der Waals surface area contributed by atoms with Crippen LogP contribution in [0.15, 0.2) is 18.3 Å². The van der Waals surface area contributed by atoms with Crippen LogP contribution < -0.4 is 10.1 Å². The van der Waals surface area contributed by atoms with Gasteiger partial charge in [-0.3, -0.25) is 0 Å². The molecule has 0 bridgehead atoms. The quantitative estimate of drug-likeness (QED) is 0.770. The Morgan fingerprint density at radius 2 is 2.11 bits per heavy atom. The van der Waals surface area contributed by atoms with Crippen LogP contribution in [0.1, 0.15) is 26.3 Å². The molecular weight excluding hydrogens is 228 g/mol. The summed E-state index contributed by atoms with van der Waals surface area (Å²) in [5.74, 6) is 1.19. The third kappa shape index (κ3) is 5.02. The number of hydrogen-bond acceptors (Lipinski definition) is 4. The average Bonchev–Trinajstić information content (AvgIpc) is 2.39. The zero-order valence-corrected chi connectivity index (χ0v) is 11.8. The lowest BCUT2D eigenvalue weighted by Gasteiger charge is -2.22. The summed E-state index contributed by atoms with van der Waals surface area (Å²) in [5, 5.41) is 3.50. The Morgan fingerprint density at radius 1 is 1.33 bits per heavy atom. The van der Waals surface area contributed by atoms with E-state index < -0.39 is 0 Å². The monoisotopic (exact) mass is 252 g/mol. The lowest BCUT2D eigenvalue weighted by atomic mass is 10.1. The molecule has 1 unspecified atom stereocenters. The van der Waals surface area contributed by atoms with Gasteiger partial charge in [0.25, 0.3) is 0 Å². The predicted molar refractivity (Wildman–Crippen MR) is 72.7 cm³/mol. The van der Waals surface area contributed by atoms with Crippen molar-refractivity contribution in [3.8, 4) is 5.88 Å². The number of pyridine rings is 1. The fraction of sp³-hybridized carbons (Fsp3) is 0.643. The minimum absolute atomic E-state index is 0.368. The maximum absolute atomic E-state index is 5.48. The van der Waals surface area contributed by atoms with Gasteiger partial charge in [-0.05, 0) is 18.4 Å². The number of methoxy groups -OCH3 is 1. The highest BCUT2D eigenvalue weighted by atomic mass is 16.5. The Labute approximate surface area is 110 Å². The summed E-state index contributed by atoms with van der Waals surface area (Å²) in [7, 11) is 1.62. The minimum atomic E-state index is 0.368. The van der Waals surface area contributed by atoms with Gasteiger partial charge in [-0.1, -0.05) is 19.9 Å². The van der Waals surface area contributed by atoms with Gasteiger partial charge in [0, 0.05) is 31.5 Å². The summed E-state index contributed by atoms with van der Waals surface area (Å²) >= 11 is 0. The molecule has 0 amide bonds. The topological polar surface area (TPSA) is 43.4 Å². The molecule has 0 radical (unpaired) electrons. The lowest BCUT2D eigenvalue weighted by molar-refractivity contribution is 0.108. The highest BCUT2D eigenvalue weighted by Gasteiger charge is 2.12. The van der Waals surface area contributed by atoms with E-state index in [1.807, 2.05) is 25.3 Å². The van der Waals surface area contributed by atoms with Crippen molar-refractivity contribution in [1.29, 1.82) is 0 Å². The first kappa shape index (κ1) is 14.9. The van der Waals surface area contributed by atoms with Gasteiger partial charge in [0.05, 0.1) is 13.7 Å². The molecule has 0 spiro atoms. The van der Waals surface area contributed by atoms with Crippen molar-refractivity contribution in [3.05, 3.63) is 23.9 Å². The van der Waals surface area contributed by atoms with E-state index in [2.05, 4.69) is 24.1 Å². The van der Waals surface area contributed by atoms with E-state index in [4.69, 9.17) is 9.47 Å². The second kappa shape index (κ2) is 8.06. The fourth-order valence-corrected chi connectivity index (χ4v) is 1.62. The Bertz CT molecular complexity index is 325. The van der Waals surface area contributed by atoms with Crippen LogP contribution in [-0.4, -0.2) is 31.3 Å². The van der Waals surface area contributed by atoms with Crippen LogP contribution in [0.25, 0.3) is 0 Å². The molecule has 0 aliphatic rings. The van der Waals surface area contributed by atoms with E-state index in [1.165, 1.54) is 0 Å². The SMILES string of the molecule is CCOCC(NCc1ccc(OC)nc1)C(C)C. The highest BCUT2D eigenvalue weighted by Crippen LogP contribution is 2.08. The second-order valence-corrected chi connectivity index (χ2v) is 4.60. The number of hydrogen-bond donors (Lipinski definition) is 1. The molecule has 0 saturated carbocycles. The smallest absolute Gasteiger partial charge is 0.212 e. The van der Waals surface area contributed by atoms with Gasteiger partial charge in [0.2, 0.25) is 5.88 Å². The predicted octanol–water partition coefficient (Wildman–Crippen LogP) is 2.24. The normalized spacial score (nSPS) is 12.7. The summed E-state index contributed by atoms with van der Waals surface area (Å²) in [4.78, 5) is 4.19. The molecule has 0 fully saturated rings. The number of aromatic nitrogens is 1. The third-order valence-electron chi connectivity index (χ3n) is 2.88. The third-order valence-corrected chi connectivity index (χ3v) is 2.88. The number of nitrogens with zero attached hydrogens (tertiary/aromatic N) is 1. The Kier molecular flexibility index (Phi) is 6.68. The van der Waals surface area contributed by atoms with Gasteiger partial charge < -0.3 is 14.8 Å². The molecule has 0 saturated heterocycles. The van der Waals surface area contributed by atoms with Crippen molar-refractivity contribution in [3.63, 3.8) is 0 Å². The molecule has 4 heteroatoms. The van der Waals surface area contributed by atoms with E-state index >= 15 is 0 Å². The van der Waals surface area contributed by atoms with Crippen LogP contribution in [0.5, 0.6) is 5.88 Å². The van der Waals surface area contributed by atoms with E-state index in [0.717, 1.165) is 25.3 Å². The van der Waals surface area contributed by atoms with Crippen molar-refractivity contribution in [1.82, 2.24) is 10.3 Å². The molecule has 18 heavy (non-hydrogen) atoms. The van der Waals surface area contributed by atoms with Crippen LogP contribution >= 0.6 is 0 Å². The van der Waals surface area contributed by atoms with Crippen LogP contribution in [0, 0.1) is 5.92 Å². The Hall–Kier alpha value is -1.13. The molecule has 0 aliphatic heterocycles. The molecule has 102 valence electrons. The summed E-state index contributed by atoms with van der Waals surface area (Å²) < 4.78 is 10.5. The molecule has 1 aromatic heterocycles. The summed E-state index contributed by atoms with van der Waals surface area (Å²) in [6.07, 6.45) is 1.84. The van der Waals surface area contributed by atoms with Crippen LogP contribution in [0.4, 0.5) is 0 Å². The number of ether oxygens (including phenoxy) is 2. The zero-order valence-electron chi connectivity index (χ0n) is 11.8. The molecule has 1 atom stereocenters. The largest absolute Gasteiger partial charge is 0.481 e. The number of rotatable bonds is 8. The van der Waals surface area contributed by atoms with Crippen LogP contribution in [0.3, 0.4) is 0 Å². The van der Waals surface area contributed by atoms with Crippen LogP contribution in [0.2, 0.25) is 0 Å². The molecule has 0 aromatic carbocycles. The molecule has 1 heterocycles. The minimum Gasteiger partial charge on any atom is -0.481 e. The Morgan fingerprint density at radius 3 is 2.61 bits per heavy atom. The highest BCUT2D eigenvalue weighted by molar-refractivity contribution is 5.17. The summed E-state index contributed by atoms with van der Waals surface area (Å²) in [6, 6.07) is 4.27. The van der Waals surface area contributed by atoms with Crippen molar-refractivity contribution < 1.29 is 9.47 Å². The van der Waals surface area contributed by atoms with Crippen molar-refractivity contribution in [2.45, 2.75) is 33.4 Å². The van der Waals surface area contributed by atoms with Gasteiger partial charge >= 0.3 is 0 Å². The van der Waals surface area contributed by atoms with Crippen molar-refractivity contribution >= 4 is 0 Å². The molecule has 4 nitrogen and oxygen atoms in total. The summed E-state index contributed by atoms with van der Waals surface area (Å²) in [6.45, 7) is 8.72. The first-order valence-electron chi connectivity index (χ1n) is 6.47. The lowest BCUT2D eigenvalue weighted by Crippen LogP contribution is -2.37. The fourth-order valence-electron chi connectivity index (χ4n) is 1.62. The zero-order chi connectivity index (χ0) is 13.4. The molecule has 0 aliphatic carbocycles. The standard InChI is InChI=1S/C14H24N2O2/c1-5-18-10-13(11(2)3)15-8-12-6-7-14(17-4)16-9-12/h6-7,9,11,13,15H,5,8,10H2,1-4H3. The van der Waals surface area contributed by atoms with Gasteiger partial charge in [-0.2, -0.15) is 0 Å². The van der Waals surface area contributed by atoms with Crippen molar-refractivity contribution in [2.24, 2.45) is 5.92 Å². The first-order chi connectivity index (χ1) is 8.67. The van der Waals surface area contributed by atoms with E-state index in [0.29, 0.717) is 17.8 Å². The molecular formula is C14H24N2O2. The number of nitrogens with one attached hydrogen (secondary N) is 1. The van der Waals surface area contributed by atoms with E-state index in [9.17, 15) is 0 Å². The Balaban J connectivity index is 2.44. The van der Waals surface area contributed by atoms with Crippen LogP contribution in [-0.2, 0) is 11.3 Å². The second-order valence-electron chi connectivity index (χ2n) is 4.60. The maximum Gasteiger partial charge on any atom is 0.212 e. The maximum atomic E-state index is 5.48. The van der Waals surface area contributed by atoms with Gasteiger partial charge in [0.15, 0.2) is 0 Å². The van der Waals surface area contributed by atoms with E-state index in [1.54, 1.807) is 7.11 Å². The average molecular weight is 252 g/mol. The molecule has 1 rings (SSSR count). The molecule has 1 aromatic rings. The first-order valence-corrected chi connectivity index (χ1v) is 6.47. The van der Waals surface area contributed by atoms with Gasteiger partial charge in [-0.25, -0.2) is 4.98 Å².